The SMILES string of the molecule is Cc1cccc(N2CCN(C(=O)C3(C(=O)N4CCc5ccccc54)CC3)CC2)c1. The Morgan fingerprint density at radius 3 is 2.34 bits per heavy atom. The molecule has 5 heteroatoms. The lowest BCUT2D eigenvalue weighted by Gasteiger charge is -2.38. The molecule has 1 aliphatic carbocycles. The third-order valence-corrected chi connectivity index (χ3v) is 6.63. The van der Waals surface area contributed by atoms with Crippen LogP contribution < -0.4 is 9.80 Å². The number of rotatable bonds is 3. The largest absolute Gasteiger partial charge is 0.368 e. The molecule has 2 fully saturated rings. The van der Waals surface area contributed by atoms with Crippen LogP contribution in [-0.2, 0) is 16.0 Å². The van der Waals surface area contributed by atoms with Gasteiger partial charge in [-0.05, 0) is 55.5 Å². The van der Waals surface area contributed by atoms with Gasteiger partial charge in [-0.2, -0.15) is 0 Å². The monoisotopic (exact) mass is 389 g/mol. The molecule has 2 heterocycles. The fourth-order valence-corrected chi connectivity index (χ4v) is 4.75. The molecule has 0 aromatic heterocycles. The van der Waals surface area contributed by atoms with Crippen LogP contribution in [0.3, 0.4) is 0 Å². The minimum Gasteiger partial charge on any atom is -0.368 e. The molecule has 29 heavy (non-hydrogen) atoms. The van der Waals surface area contributed by atoms with Crippen LogP contribution in [0.5, 0.6) is 0 Å². The van der Waals surface area contributed by atoms with Crippen LogP contribution in [0.2, 0.25) is 0 Å². The average molecular weight is 389 g/mol. The first-order valence-electron chi connectivity index (χ1n) is 10.6. The summed E-state index contributed by atoms with van der Waals surface area (Å²) in [5.41, 5.74) is 3.83. The van der Waals surface area contributed by atoms with Crippen molar-refractivity contribution in [3.8, 4) is 0 Å². The quantitative estimate of drug-likeness (QED) is 0.758. The Hall–Kier alpha value is -2.82. The highest BCUT2D eigenvalue weighted by atomic mass is 16.2. The van der Waals surface area contributed by atoms with Gasteiger partial charge in [0.15, 0.2) is 0 Å². The summed E-state index contributed by atoms with van der Waals surface area (Å²) < 4.78 is 0. The van der Waals surface area contributed by atoms with Gasteiger partial charge in [0.25, 0.3) is 0 Å². The highest BCUT2D eigenvalue weighted by molar-refractivity contribution is 6.14. The van der Waals surface area contributed by atoms with E-state index in [4.69, 9.17) is 0 Å². The van der Waals surface area contributed by atoms with Crippen molar-refractivity contribution in [3.63, 3.8) is 0 Å². The van der Waals surface area contributed by atoms with Gasteiger partial charge in [-0.1, -0.05) is 30.3 Å². The van der Waals surface area contributed by atoms with E-state index in [1.165, 1.54) is 16.8 Å². The molecule has 0 N–H and O–H groups in total. The number of hydrogen-bond donors (Lipinski definition) is 0. The zero-order valence-electron chi connectivity index (χ0n) is 16.9. The van der Waals surface area contributed by atoms with Crippen molar-refractivity contribution in [3.05, 3.63) is 59.7 Å². The lowest BCUT2D eigenvalue weighted by molar-refractivity contribution is -0.143. The molecule has 0 bridgehead atoms. The lowest BCUT2D eigenvalue weighted by Crippen LogP contribution is -2.53. The molecule has 1 saturated heterocycles. The van der Waals surface area contributed by atoms with Crippen molar-refractivity contribution in [2.75, 3.05) is 42.5 Å². The Labute approximate surface area is 171 Å². The second-order valence-electron chi connectivity index (χ2n) is 8.54. The van der Waals surface area contributed by atoms with E-state index < -0.39 is 5.41 Å². The number of carbonyl (C=O) groups is 2. The number of fused-ring (bicyclic) bond motifs is 1. The maximum atomic E-state index is 13.4. The predicted octanol–water partition coefficient (Wildman–Crippen LogP) is 3.01. The molecule has 2 amide bonds. The van der Waals surface area contributed by atoms with Gasteiger partial charge in [0, 0.05) is 44.1 Å². The maximum Gasteiger partial charge on any atom is 0.242 e. The number of amides is 2. The van der Waals surface area contributed by atoms with Crippen LogP contribution in [0.25, 0.3) is 0 Å². The minimum atomic E-state index is -0.817. The molecule has 2 aliphatic heterocycles. The number of piperazine rings is 1. The van der Waals surface area contributed by atoms with E-state index in [0.29, 0.717) is 32.5 Å². The van der Waals surface area contributed by atoms with Crippen LogP contribution in [-0.4, -0.2) is 49.4 Å². The Balaban J connectivity index is 1.27. The van der Waals surface area contributed by atoms with Crippen molar-refractivity contribution in [1.82, 2.24) is 4.90 Å². The third-order valence-electron chi connectivity index (χ3n) is 6.63. The van der Waals surface area contributed by atoms with Gasteiger partial charge in [0.1, 0.15) is 5.41 Å². The van der Waals surface area contributed by atoms with E-state index >= 15 is 0 Å². The smallest absolute Gasteiger partial charge is 0.242 e. The summed E-state index contributed by atoms with van der Waals surface area (Å²) in [5, 5.41) is 0. The van der Waals surface area contributed by atoms with Gasteiger partial charge in [-0.3, -0.25) is 9.59 Å². The Bertz CT molecular complexity index is 958. The van der Waals surface area contributed by atoms with E-state index in [0.717, 1.165) is 25.2 Å². The standard InChI is InChI=1S/C24H27N3O2/c1-18-5-4-7-20(17-18)25-13-15-26(16-14-25)22(28)24(10-11-24)23(29)27-12-9-19-6-2-3-8-21(19)27/h2-8,17H,9-16H2,1H3. The molecule has 0 atom stereocenters. The summed E-state index contributed by atoms with van der Waals surface area (Å²) in [6, 6.07) is 16.6. The lowest BCUT2D eigenvalue weighted by atomic mass is 10.0. The molecule has 0 unspecified atom stereocenters. The second-order valence-corrected chi connectivity index (χ2v) is 8.54. The molecular formula is C24H27N3O2. The van der Waals surface area contributed by atoms with Crippen molar-refractivity contribution < 1.29 is 9.59 Å². The van der Waals surface area contributed by atoms with E-state index in [9.17, 15) is 9.59 Å². The maximum absolute atomic E-state index is 13.4. The number of nitrogens with zero attached hydrogens (tertiary/aromatic N) is 3. The van der Waals surface area contributed by atoms with E-state index in [1.807, 2.05) is 28.0 Å². The summed E-state index contributed by atoms with van der Waals surface area (Å²) in [6.45, 7) is 5.77. The molecule has 3 aliphatic rings. The molecular weight excluding hydrogens is 362 g/mol. The number of para-hydroxylation sites is 1. The summed E-state index contributed by atoms with van der Waals surface area (Å²) in [6.07, 6.45) is 2.24. The van der Waals surface area contributed by atoms with Crippen molar-refractivity contribution >= 4 is 23.2 Å². The van der Waals surface area contributed by atoms with Crippen molar-refractivity contribution in [2.24, 2.45) is 5.41 Å². The molecule has 5 nitrogen and oxygen atoms in total. The zero-order chi connectivity index (χ0) is 20.0. The van der Waals surface area contributed by atoms with Crippen LogP contribution >= 0.6 is 0 Å². The summed E-state index contributed by atoms with van der Waals surface area (Å²) in [4.78, 5) is 32.8. The fraction of sp³-hybridized carbons (Fsp3) is 0.417. The van der Waals surface area contributed by atoms with Crippen LogP contribution in [0.1, 0.15) is 24.0 Å². The molecule has 150 valence electrons. The van der Waals surface area contributed by atoms with E-state index in [1.54, 1.807) is 0 Å². The van der Waals surface area contributed by atoms with E-state index in [2.05, 4.69) is 42.2 Å². The first kappa shape index (κ1) is 18.2. The molecule has 0 radical (unpaired) electrons. The summed E-state index contributed by atoms with van der Waals surface area (Å²) in [7, 11) is 0. The normalized spacial score (nSPS) is 19.8. The number of benzene rings is 2. The highest BCUT2D eigenvalue weighted by Crippen LogP contribution is 2.50. The van der Waals surface area contributed by atoms with Crippen LogP contribution in [0.4, 0.5) is 11.4 Å². The number of anilines is 2. The van der Waals surface area contributed by atoms with Crippen LogP contribution in [0.15, 0.2) is 48.5 Å². The first-order valence-corrected chi connectivity index (χ1v) is 10.6. The first-order chi connectivity index (χ1) is 14.1. The molecule has 5 rings (SSSR count). The van der Waals surface area contributed by atoms with Crippen molar-refractivity contribution in [2.45, 2.75) is 26.2 Å². The Morgan fingerprint density at radius 1 is 0.862 bits per heavy atom. The van der Waals surface area contributed by atoms with Crippen molar-refractivity contribution in [1.29, 1.82) is 0 Å². The van der Waals surface area contributed by atoms with Gasteiger partial charge >= 0.3 is 0 Å². The van der Waals surface area contributed by atoms with E-state index in [-0.39, 0.29) is 11.8 Å². The molecule has 0 spiro atoms. The van der Waals surface area contributed by atoms with Gasteiger partial charge in [-0.25, -0.2) is 0 Å². The second kappa shape index (κ2) is 6.90. The summed E-state index contributed by atoms with van der Waals surface area (Å²) in [5.74, 6) is 0.0457. The number of carbonyl (C=O) groups excluding carboxylic acids is 2. The third kappa shape index (κ3) is 3.09. The molecule has 2 aromatic carbocycles. The zero-order valence-corrected chi connectivity index (χ0v) is 16.9. The Kier molecular flexibility index (Phi) is 4.34. The summed E-state index contributed by atoms with van der Waals surface area (Å²) >= 11 is 0. The fourth-order valence-electron chi connectivity index (χ4n) is 4.75. The number of aryl methyl sites for hydroxylation is 1. The van der Waals surface area contributed by atoms with Gasteiger partial charge < -0.3 is 14.7 Å². The molecule has 1 saturated carbocycles. The average Bonchev–Trinajstić information content (AvgIpc) is 3.46. The number of hydrogen-bond acceptors (Lipinski definition) is 3. The van der Waals surface area contributed by atoms with Gasteiger partial charge in [0.05, 0.1) is 0 Å². The Morgan fingerprint density at radius 2 is 1.62 bits per heavy atom. The van der Waals surface area contributed by atoms with Gasteiger partial charge in [0.2, 0.25) is 11.8 Å². The van der Waals surface area contributed by atoms with Gasteiger partial charge in [-0.15, -0.1) is 0 Å². The topological polar surface area (TPSA) is 43.9 Å². The minimum absolute atomic E-state index is 0.00793. The predicted molar refractivity (Wildman–Crippen MR) is 114 cm³/mol. The van der Waals surface area contributed by atoms with Crippen LogP contribution in [0, 0.1) is 12.3 Å². The highest BCUT2D eigenvalue weighted by Gasteiger charge is 2.60. The molecule has 2 aromatic rings.